The van der Waals surface area contributed by atoms with Gasteiger partial charge in [0.1, 0.15) is 0 Å². The second-order valence-corrected chi connectivity index (χ2v) is 9.70. The first-order valence-electron chi connectivity index (χ1n) is 7.30. The van der Waals surface area contributed by atoms with E-state index in [0.29, 0.717) is 24.3 Å². The second-order valence-electron chi connectivity index (χ2n) is 5.92. The summed E-state index contributed by atoms with van der Waals surface area (Å²) in [6.45, 7) is 4.15. The zero-order chi connectivity index (χ0) is 16.4. The molecule has 1 aliphatic heterocycles. The summed E-state index contributed by atoms with van der Waals surface area (Å²) in [5.41, 5.74) is 1.02. The lowest BCUT2D eigenvalue weighted by molar-refractivity contribution is 0.574. The van der Waals surface area contributed by atoms with E-state index < -0.39 is 20.0 Å². The Morgan fingerprint density at radius 2 is 1.82 bits per heavy atom. The average molecular weight is 346 g/mol. The molecule has 1 aliphatic rings. The molecule has 1 N–H and O–H groups in total. The topological polar surface area (TPSA) is 83.6 Å². The molecule has 0 spiro atoms. The maximum atomic E-state index is 12.0. The Morgan fingerprint density at radius 3 is 2.36 bits per heavy atom. The van der Waals surface area contributed by atoms with Gasteiger partial charge in [-0.05, 0) is 43.0 Å². The van der Waals surface area contributed by atoms with Crippen LogP contribution in [0.25, 0.3) is 0 Å². The van der Waals surface area contributed by atoms with Crippen LogP contribution in [0.3, 0.4) is 0 Å². The van der Waals surface area contributed by atoms with E-state index in [4.69, 9.17) is 0 Å². The van der Waals surface area contributed by atoms with E-state index in [2.05, 4.69) is 4.72 Å². The fourth-order valence-corrected chi connectivity index (χ4v) is 5.53. The molecular formula is C14H22N2O4S2. The molecule has 0 aliphatic carbocycles. The first kappa shape index (κ1) is 17.1. The Bertz CT molecular complexity index is 710. The standard InChI is InChI=1S/C14H22N2O4S2/c1-12(2)11-21(17,18)15-13-5-7-14(8-6-13)16-9-3-4-10-22(16,19)20/h5-8,12,15H,3-4,9-11H2,1-2H3. The molecule has 0 aromatic heterocycles. The van der Waals surface area contributed by atoms with Gasteiger partial charge >= 0.3 is 0 Å². The highest BCUT2D eigenvalue weighted by Crippen LogP contribution is 2.25. The molecule has 1 saturated heterocycles. The molecule has 8 heteroatoms. The highest BCUT2D eigenvalue weighted by molar-refractivity contribution is 7.93. The van der Waals surface area contributed by atoms with Gasteiger partial charge in [0.15, 0.2) is 0 Å². The molecular weight excluding hydrogens is 324 g/mol. The quantitative estimate of drug-likeness (QED) is 0.884. The molecule has 124 valence electrons. The van der Waals surface area contributed by atoms with Gasteiger partial charge in [0.05, 0.1) is 17.2 Å². The van der Waals surface area contributed by atoms with Crippen LogP contribution in [0, 0.1) is 5.92 Å². The number of benzene rings is 1. The van der Waals surface area contributed by atoms with Crippen LogP contribution >= 0.6 is 0 Å². The number of nitrogens with one attached hydrogen (secondary N) is 1. The Labute approximate surface area is 132 Å². The van der Waals surface area contributed by atoms with Gasteiger partial charge in [-0.1, -0.05) is 13.8 Å². The van der Waals surface area contributed by atoms with Crippen LogP contribution in [-0.2, 0) is 20.0 Å². The molecule has 6 nitrogen and oxygen atoms in total. The molecule has 1 heterocycles. The van der Waals surface area contributed by atoms with Crippen molar-refractivity contribution in [1.29, 1.82) is 0 Å². The molecule has 0 saturated carbocycles. The van der Waals surface area contributed by atoms with E-state index >= 15 is 0 Å². The third-order valence-electron chi connectivity index (χ3n) is 3.33. The fourth-order valence-electron chi connectivity index (χ4n) is 2.43. The van der Waals surface area contributed by atoms with Crippen LogP contribution in [0.2, 0.25) is 0 Å². The van der Waals surface area contributed by atoms with Crippen LogP contribution in [0.4, 0.5) is 11.4 Å². The van der Waals surface area contributed by atoms with Gasteiger partial charge in [0.25, 0.3) is 0 Å². The molecule has 2 rings (SSSR count). The highest BCUT2D eigenvalue weighted by atomic mass is 32.2. The van der Waals surface area contributed by atoms with Crippen molar-refractivity contribution in [3.63, 3.8) is 0 Å². The van der Waals surface area contributed by atoms with Gasteiger partial charge in [-0.3, -0.25) is 9.03 Å². The third-order valence-corrected chi connectivity index (χ3v) is 6.85. The van der Waals surface area contributed by atoms with Gasteiger partial charge in [-0.2, -0.15) is 0 Å². The minimum atomic E-state index is -3.38. The van der Waals surface area contributed by atoms with Crippen molar-refractivity contribution < 1.29 is 16.8 Å². The summed E-state index contributed by atoms with van der Waals surface area (Å²) in [5, 5.41) is 0. The Balaban J connectivity index is 2.14. The largest absolute Gasteiger partial charge is 0.284 e. The monoisotopic (exact) mass is 346 g/mol. The van der Waals surface area contributed by atoms with E-state index in [0.717, 1.165) is 6.42 Å². The van der Waals surface area contributed by atoms with Crippen molar-refractivity contribution in [2.45, 2.75) is 26.7 Å². The zero-order valence-electron chi connectivity index (χ0n) is 12.8. The lowest BCUT2D eigenvalue weighted by atomic mass is 10.2. The Hall–Kier alpha value is -1.28. The lowest BCUT2D eigenvalue weighted by Crippen LogP contribution is -2.37. The van der Waals surface area contributed by atoms with E-state index in [1.165, 1.54) is 4.31 Å². The summed E-state index contributed by atoms with van der Waals surface area (Å²) in [5.74, 6) is 0.251. The predicted molar refractivity (Wildman–Crippen MR) is 89.1 cm³/mol. The molecule has 0 bridgehead atoms. The first-order valence-corrected chi connectivity index (χ1v) is 10.6. The van der Waals surface area contributed by atoms with Crippen molar-refractivity contribution >= 4 is 31.4 Å². The summed E-state index contributed by atoms with van der Waals surface area (Å²) in [6, 6.07) is 6.46. The molecule has 0 radical (unpaired) electrons. The van der Waals surface area contributed by atoms with Gasteiger partial charge in [-0.25, -0.2) is 16.8 Å². The number of hydrogen-bond donors (Lipinski definition) is 1. The highest BCUT2D eigenvalue weighted by Gasteiger charge is 2.25. The summed E-state index contributed by atoms with van der Waals surface area (Å²) in [4.78, 5) is 0. The second kappa shape index (κ2) is 6.45. The van der Waals surface area contributed by atoms with Crippen molar-refractivity contribution in [1.82, 2.24) is 0 Å². The van der Waals surface area contributed by atoms with Gasteiger partial charge in [0, 0.05) is 12.2 Å². The smallest absolute Gasteiger partial charge is 0.235 e. The summed E-state index contributed by atoms with van der Waals surface area (Å²) in [7, 11) is -6.62. The van der Waals surface area contributed by atoms with Crippen molar-refractivity contribution in [3.05, 3.63) is 24.3 Å². The lowest BCUT2D eigenvalue weighted by Gasteiger charge is -2.28. The number of rotatable bonds is 5. The normalized spacial score (nSPS) is 18.4. The van der Waals surface area contributed by atoms with Crippen LogP contribution < -0.4 is 9.03 Å². The third kappa shape index (κ3) is 4.36. The number of nitrogens with zero attached hydrogens (tertiary/aromatic N) is 1. The molecule has 1 fully saturated rings. The first-order chi connectivity index (χ1) is 10.2. The van der Waals surface area contributed by atoms with E-state index in [1.807, 2.05) is 13.8 Å². The molecule has 22 heavy (non-hydrogen) atoms. The minimum Gasteiger partial charge on any atom is -0.284 e. The van der Waals surface area contributed by atoms with Crippen molar-refractivity contribution in [2.24, 2.45) is 5.92 Å². The molecule has 0 unspecified atom stereocenters. The summed E-state index contributed by atoms with van der Waals surface area (Å²) < 4.78 is 51.7. The predicted octanol–water partition coefficient (Wildman–Crippen LogP) is 2.01. The molecule has 0 atom stereocenters. The summed E-state index contributed by atoms with van der Waals surface area (Å²) >= 11 is 0. The number of sulfonamides is 2. The van der Waals surface area contributed by atoms with Crippen LogP contribution in [0.5, 0.6) is 0 Å². The fraction of sp³-hybridized carbons (Fsp3) is 0.571. The van der Waals surface area contributed by atoms with Crippen molar-refractivity contribution in [3.8, 4) is 0 Å². The van der Waals surface area contributed by atoms with E-state index in [9.17, 15) is 16.8 Å². The average Bonchev–Trinajstić information content (AvgIpc) is 2.37. The van der Waals surface area contributed by atoms with Gasteiger partial charge < -0.3 is 0 Å². The SMILES string of the molecule is CC(C)CS(=O)(=O)Nc1ccc(N2CCCCS2(=O)=O)cc1. The van der Waals surface area contributed by atoms with Crippen LogP contribution in [0.1, 0.15) is 26.7 Å². The van der Waals surface area contributed by atoms with Crippen LogP contribution in [0.15, 0.2) is 24.3 Å². The van der Waals surface area contributed by atoms with Gasteiger partial charge in [-0.15, -0.1) is 0 Å². The maximum Gasteiger partial charge on any atom is 0.235 e. The summed E-state index contributed by atoms with van der Waals surface area (Å²) in [6.07, 6.45) is 1.52. The van der Waals surface area contributed by atoms with Gasteiger partial charge in [0.2, 0.25) is 20.0 Å². The minimum absolute atomic E-state index is 0.0373. The number of hydrogen-bond acceptors (Lipinski definition) is 4. The zero-order valence-corrected chi connectivity index (χ0v) is 14.5. The molecule has 0 amide bonds. The maximum absolute atomic E-state index is 12.0. The van der Waals surface area contributed by atoms with E-state index in [1.54, 1.807) is 24.3 Å². The Morgan fingerprint density at radius 1 is 1.18 bits per heavy atom. The Kier molecular flexibility index (Phi) is 5.01. The molecule has 1 aromatic carbocycles. The van der Waals surface area contributed by atoms with E-state index in [-0.39, 0.29) is 17.4 Å². The molecule has 1 aromatic rings. The van der Waals surface area contributed by atoms with Crippen molar-refractivity contribution in [2.75, 3.05) is 27.1 Å². The number of anilines is 2. The van der Waals surface area contributed by atoms with Crippen LogP contribution in [-0.4, -0.2) is 34.9 Å².